The summed E-state index contributed by atoms with van der Waals surface area (Å²) in [7, 11) is 0. The number of aromatic nitrogens is 1. The Morgan fingerprint density at radius 3 is 2.69 bits per heavy atom. The maximum absolute atomic E-state index is 12.6. The van der Waals surface area contributed by atoms with Crippen molar-refractivity contribution in [2.45, 2.75) is 25.8 Å². The van der Waals surface area contributed by atoms with Gasteiger partial charge in [-0.1, -0.05) is 54.7 Å². The third kappa shape index (κ3) is 4.14. The molecule has 1 saturated heterocycles. The summed E-state index contributed by atoms with van der Waals surface area (Å²) >= 11 is 10.8. The van der Waals surface area contributed by atoms with Gasteiger partial charge in [0.15, 0.2) is 0 Å². The molecule has 4 rings (SSSR count). The van der Waals surface area contributed by atoms with Crippen LogP contribution >= 0.6 is 24.4 Å². The number of para-hydroxylation sites is 2. The number of fused-ring (bicyclic) bond motifs is 1. The van der Waals surface area contributed by atoms with Gasteiger partial charge in [-0.25, -0.2) is 4.79 Å². The highest BCUT2D eigenvalue weighted by Crippen LogP contribution is 2.32. The van der Waals surface area contributed by atoms with Crippen LogP contribution in [0, 0.1) is 6.92 Å². The summed E-state index contributed by atoms with van der Waals surface area (Å²) in [5.41, 5.74) is 3.79. The normalized spacial score (nSPS) is 14.8. The second-order valence-corrected chi connectivity index (χ2v) is 8.11. The number of pyridine rings is 1. The molecular weight excluding hydrogens is 404 g/mol. The van der Waals surface area contributed by atoms with E-state index in [4.69, 9.17) is 11.6 Å². The number of halogens is 1. The first-order valence-electron chi connectivity index (χ1n) is 9.67. The first-order valence-corrected chi connectivity index (χ1v) is 10.5. The number of carbonyl (C=O) groups excluding carboxylic acids is 1. The zero-order valence-electron chi connectivity index (χ0n) is 16.2. The molecule has 29 heavy (non-hydrogen) atoms. The highest BCUT2D eigenvalue weighted by Gasteiger charge is 2.27. The summed E-state index contributed by atoms with van der Waals surface area (Å²) in [5.74, 6) is 0. The molecule has 3 aromatic rings. The summed E-state index contributed by atoms with van der Waals surface area (Å²) in [4.78, 5) is 19.4. The van der Waals surface area contributed by atoms with E-state index in [0.717, 1.165) is 53.8 Å². The van der Waals surface area contributed by atoms with Crippen LogP contribution in [0.2, 0.25) is 5.02 Å². The summed E-state index contributed by atoms with van der Waals surface area (Å²) < 4.78 is 1.53. The second-order valence-electron chi connectivity index (χ2n) is 7.27. The lowest BCUT2D eigenvalue weighted by Gasteiger charge is -2.37. The highest BCUT2D eigenvalue weighted by atomic mass is 35.5. The van der Waals surface area contributed by atoms with Crippen molar-refractivity contribution in [3.63, 3.8) is 0 Å². The SMILES string of the molecule is Cc1ccccc1NC(=O)N(S)C1CCN(c2ccnc3c(Cl)cccc23)CC1. The second kappa shape index (κ2) is 8.51. The number of carbonyl (C=O) groups is 1. The molecular formula is C22H23ClN4OS. The minimum Gasteiger partial charge on any atom is -0.371 e. The summed E-state index contributed by atoms with van der Waals surface area (Å²) in [5, 5.41) is 4.67. The zero-order chi connectivity index (χ0) is 20.4. The third-order valence-corrected chi connectivity index (χ3v) is 6.26. The van der Waals surface area contributed by atoms with Crippen LogP contribution in [0.5, 0.6) is 0 Å². The number of benzene rings is 2. The van der Waals surface area contributed by atoms with Crippen molar-refractivity contribution in [3.8, 4) is 0 Å². The van der Waals surface area contributed by atoms with E-state index in [9.17, 15) is 4.79 Å². The molecule has 0 saturated carbocycles. The Labute approximate surface area is 181 Å². The van der Waals surface area contributed by atoms with Gasteiger partial charge in [0.05, 0.1) is 10.5 Å². The summed E-state index contributed by atoms with van der Waals surface area (Å²) in [6, 6.07) is 15.5. The molecule has 1 aliphatic rings. The fourth-order valence-corrected chi connectivity index (χ4v) is 4.31. The van der Waals surface area contributed by atoms with Crippen LogP contribution in [0.15, 0.2) is 54.7 Å². The van der Waals surface area contributed by atoms with Crippen molar-refractivity contribution in [2.24, 2.45) is 0 Å². The number of hydrogen-bond acceptors (Lipinski definition) is 4. The van der Waals surface area contributed by atoms with E-state index in [2.05, 4.69) is 34.1 Å². The zero-order valence-corrected chi connectivity index (χ0v) is 17.8. The third-order valence-electron chi connectivity index (χ3n) is 5.44. The average Bonchev–Trinajstić information content (AvgIpc) is 2.75. The quantitative estimate of drug-likeness (QED) is 0.540. The first-order chi connectivity index (χ1) is 14.0. The molecule has 2 heterocycles. The maximum atomic E-state index is 12.6. The smallest absolute Gasteiger partial charge is 0.331 e. The fraction of sp³-hybridized carbons (Fsp3) is 0.273. The number of hydrogen-bond donors (Lipinski definition) is 2. The molecule has 1 aromatic heterocycles. The van der Waals surface area contributed by atoms with Crippen LogP contribution in [0.4, 0.5) is 16.2 Å². The van der Waals surface area contributed by atoms with Gasteiger partial charge < -0.3 is 10.2 Å². The lowest BCUT2D eigenvalue weighted by atomic mass is 10.0. The van der Waals surface area contributed by atoms with E-state index in [1.54, 1.807) is 6.20 Å². The van der Waals surface area contributed by atoms with Gasteiger partial charge in [0.2, 0.25) is 0 Å². The first kappa shape index (κ1) is 19.9. The number of nitrogens with one attached hydrogen (secondary N) is 1. The number of piperidine rings is 1. The Balaban J connectivity index is 1.42. The lowest BCUT2D eigenvalue weighted by Crippen LogP contribution is -2.44. The molecule has 7 heteroatoms. The number of aryl methyl sites for hydroxylation is 1. The predicted octanol–water partition coefficient (Wildman–Crippen LogP) is 5.54. The highest BCUT2D eigenvalue weighted by molar-refractivity contribution is 7.78. The van der Waals surface area contributed by atoms with E-state index >= 15 is 0 Å². The number of anilines is 2. The molecule has 1 aliphatic heterocycles. The van der Waals surface area contributed by atoms with Gasteiger partial charge in [0.1, 0.15) is 0 Å². The Bertz CT molecular complexity index is 1040. The summed E-state index contributed by atoms with van der Waals surface area (Å²) in [6.07, 6.45) is 3.49. The van der Waals surface area contributed by atoms with Crippen molar-refractivity contribution in [2.75, 3.05) is 23.3 Å². The number of amides is 2. The Morgan fingerprint density at radius 2 is 1.93 bits per heavy atom. The number of nitrogens with zero attached hydrogens (tertiary/aromatic N) is 3. The van der Waals surface area contributed by atoms with Gasteiger partial charge in [-0.2, -0.15) is 0 Å². The van der Waals surface area contributed by atoms with Crippen LogP contribution in [0.3, 0.4) is 0 Å². The van der Waals surface area contributed by atoms with Gasteiger partial charge >= 0.3 is 6.03 Å². The standard InChI is InChI=1S/C22H23ClN4OS/c1-15-5-2-3-8-19(15)25-22(28)27(29)16-10-13-26(14-11-16)20-9-12-24-21-17(20)6-4-7-18(21)23/h2-9,12,16,29H,10-11,13-14H2,1H3,(H,25,28). The molecule has 150 valence electrons. The minimum absolute atomic E-state index is 0.0790. The van der Waals surface area contributed by atoms with Gasteiger partial charge in [0, 0.05) is 42.1 Å². The monoisotopic (exact) mass is 426 g/mol. The molecule has 5 nitrogen and oxygen atoms in total. The van der Waals surface area contributed by atoms with Gasteiger partial charge in [-0.3, -0.25) is 9.29 Å². The minimum atomic E-state index is -0.192. The van der Waals surface area contributed by atoms with E-state index in [1.807, 2.05) is 49.4 Å². The molecule has 2 aromatic carbocycles. The maximum Gasteiger partial charge on any atom is 0.331 e. The fourth-order valence-electron chi connectivity index (χ4n) is 3.80. The Morgan fingerprint density at radius 1 is 1.17 bits per heavy atom. The van der Waals surface area contributed by atoms with Crippen molar-refractivity contribution in [1.82, 2.24) is 9.29 Å². The van der Waals surface area contributed by atoms with Crippen LogP contribution in [0.1, 0.15) is 18.4 Å². The van der Waals surface area contributed by atoms with Crippen molar-refractivity contribution in [3.05, 3.63) is 65.3 Å². The predicted molar refractivity (Wildman–Crippen MR) is 123 cm³/mol. The van der Waals surface area contributed by atoms with E-state index in [0.29, 0.717) is 5.02 Å². The van der Waals surface area contributed by atoms with Crippen LogP contribution in [0.25, 0.3) is 10.9 Å². The van der Waals surface area contributed by atoms with Crippen LogP contribution in [-0.2, 0) is 0 Å². The van der Waals surface area contributed by atoms with E-state index in [1.165, 1.54) is 4.31 Å². The Kier molecular flexibility index (Phi) is 5.83. The molecule has 0 unspecified atom stereocenters. The molecule has 2 amide bonds. The molecule has 1 fully saturated rings. The van der Waals surface area contributed by atoms with Crippen molar-refractivity contribution < 1.29 is 4.79 Å². The van der Waals surface area contributed by atoms with Crippen LogP contribution < -0.4 is 10.2 Å². The molecule has 0 spiro atoms. The largest absolute Gasteiger partial charge is 0.371 e. The molecule has 0 radical (unpaired) electrons. The van der Waals surface area contributed by atoms with Crippen molar-refractivity contribution in [1.29, 1.82) is 0 Å². The van der Waals surface area contributed by atoms with E-state index in [-0.39, 0.29) is 12.1 Å². The molecule has 0 atom stereocenters. The lowest BCUT2D eigenvalue weighted by molar-refractivity contribution is 0.223. The van der Waals surface area contributed by atoms with Crippen LogP contribution in [-0.4, -0.2) is 34.5 Å². The summed E-state index contributed by atoms with van der Waals surface area (Å²) in [6.45, 7) is 3.65. The van der Waals surface area contributed by atoms with Gasteiger partial charge in [-0.05, 0) is 43.5 Å². The van der Waals surface area contributed by atoms with Gasteiger partial charge in [0.25, 0.3) is 0 Å². The van der Waals surface area contributed by atoms with E-state index < -0.39 is 0 Å². The molecule has 0 bridgehead atoms. The topological polar surface area (TPSA) is 48.5 Å². The Hall–Kier alpha value is -2.44. The molecule has 0 aliphatic carbocycles. The number of thiol groups is 1. The average molecular weight is 427 g/mol. The number of urea groups is 1. The van der Waals surface area contributed by atoms with Crippen molar-refractivity contribution >= 4 is 52.7 Å². The van der Waals surface area contributed by atoms with Gasteiger partial charge in [-0.15, -0.1) is 0 Å². The number of rotatable bonds is 3. The molecule has 1 N–H and O–H groups in total.